The van der Waals surface area contributed by atoms with Crippen molar-refractivity contribution < 1.29 is 14.5 Å². The summed E-state index contributed by atoms with van der Waals surface area (Å²) in [4.78, 5) is 21.3. The number of rotatable bonds is 4. The van der Waals surface area contributed by atoms with Crippen LogP contribution in [-0.2, 0) is 9.53 Å². The van der Waals surface area contributed by atoms with Gasteiger partial charge < -0.3 is 4.74 Å². The number of carbonyl (C=O) groups excluding carboxylic acids is 1. The highest BCUT2D eigenvalue weighted by Gasteiger charge is 2.08. The Balaban J connectivity index is 2.89. The van der Waals surface area contributed by atoms with Crippen LogP contribution in [0.5, 0.6) is 0 Å². The van der Waals surface area contributed by atoms with Gasteiger partial charge in [0.25, 0.3) is 5.69 Å². The maximum atomic E-state index is 11.3. The topological polar surface area (TPSA) is 69.4 Å². The van der Waals surface area contributed by atoms with E-state index in [9.17, 15) is 14.9 Å². The summed E-state index contributed by atoms with van der Waals surface area (Å²) in [5.74, 6) is -0.521. The zero-order valence-corrected chi connectivity index (χ0v) is 10.7. The molecule has 5 nitrogen and oxygen atoms in total. The second-order valence-electron chi connectivity index (χ2n) is 3.78. The third-order valence-electron chi connectivity index (χ3n) is 1.94. The van der Waals surface area contributed by atoms with Crippen molar-refractivity contribution in [2.45, 2.75) is 20.0 Å². The number of nitro benzene ring substituents is 1. The predicted molar refractivity (Wildman–Crippen MR) is 68.4 cm³/mol. The van der Waals surface area contributed by atoms with Crippen molar-refractivity contribution in [1.82, 2.24) is 0 Å². The molecule has 0 unspecified atom stereocenters. The lowest BCUT2D eigenvalue weighted by atomic mass is 10.2. The molecule has 0 aliphatic carbocycles. The monoisotopic (exact) mass is 269 g/mol. The van der Waals surface area contributed by atoms with E-state index in [0.717, 1.165) is 0 Å². The summed E-state index contributed by atoms with van der Waals surface area (Å²) in [5, 5.41) is 10.9. The number of esters is 1. The van der Waals surface area contributed by atoms with Crippen LogP contribution in [0.3, 0.4) is 0 Å². The molecule has 0 aromatic heterocycles. The average molecular weight is 270 g/mol. The minimum atomic E-state index is -0.528. The maximum Gasteiger partial charge on any atom is 0.331 e. The standard InChI is InChI=1S/C12H12ClNO4/c1-8(2)18-12(15)6-3-9-7-10(14(16)17)4-5-11(9)13/h3-8H,1-2H3. The van der Waals surface area contributed by atoms with Gasteiger partial charge in [-0.15, -0.1) is 0 Å². The van der Waals surface area contributed by atoms with Gasteiger partial charge in [0, 0.05) is 28.8 Å². The van der Waals surface area contributed by atoms with Crippen molar-refractivity contribution in [3.05, 3.63) is 45.0 Å². The first-order valence-electron chi connectivity index (χ1n) is 5.23. The lowest BCUT2D eigenvalue weighted by Crippen LogP contribution is -2.08. The quantitative estimate of drug-likeness (QED) is 0.364. The lowest BCUT2D eigenvalue weighted by molar-refractivity contribution is -0.384. The van der Waals surface area contributed by atoms with Crippen LogP contribution in [-0.4, -0.2) is 17.0 Å². The van der Waals surface area contributed by atoms with Gasteiger partial charge in [-0.25, -0.2) is 4.79 Å². The first-order valence-corrected chi connectivity index (χ1v) is 5.60. The second-order valence-corrected chi connectivity index (χ2v) is 4.19. The molecule has 0 radical (unpaired) electrons. The molecule has 0 spiro atoms. The van der Waals surface area contributed by atoms with Gasteiger partial charge in [0.05, 0.1) is 11.0 Å². The molecule has 0 bridgehead atoms. The molecule has 0 aliphatic rings. The zero-order valence-electron chi connectivity index (χ0n) is 9.92. The van der Waals surface area contributed by atoms with E-state index in [1.807, 2.05) is 0 Å². The van der Waals surface area contributed by atoms with Crippen molar-refractivity contribution >= 4 is 29.3 Å². The van der Waals surface area contributed by atoms with Crippen molar-refractivity contribution in [3.63, 3.8) is 0 Å². The van der Waals surface area contributed by atoms with E-state index in [1.165, 1.54) is 30.4 Å². The first kappa shape index (κ1) is 14.2. The second kappa shape index (κ2) is 6.16. The zero-order chi connectivity index (χ0) is 13.7. The normalized spacial score (nSPS) is 10.9. The molecular formula is C12H12ClNO4. The van der Waals surface area contributed by atoms with Crippen molar-refractivity contribution in [1.29, 1.82) is 0 Å². The number of hydrogen-bond donors (Lipinski definition) is 0. The maximum absolute atomic E-state index is 11.3. The van der Waals surface area contributed by atoms with Gasteiger partial charge in [-0.2, -0.15) is 0 Å². The van der Waals surface area contributed by atoms with Crippen LogP contribution in [0.1, 0.15) is 19.4 Å². The molecule has 0 fully saturated rings. The molecule has 1 rings (SSSR count). The molecule has 0 N–H and O–H groups in total. The molecule has 0 heterocycles. The van der Waals surface area contributed by atoms with Crippen molar-refractivity contribution in [2.24, 2.45) is 0 Å². The van der Waals surface area contributed by atoms with Crippen LogP contribution < -0.4 is 0 Å². The summed E-state index contributed by atoms with van der Waals surface area (Å²) in [6.45, 7) is 3.46. The molecule has 6 heteroatoms. The molecule has 0 atom stereocenters. The summed E-state index contributed by atoms with van der Waals surface area (Å²) >= 11 is 5.86. The molecule has 0 amide bonds. The average Bonchev–Trinajstić information content (AvgIpc) is 2.26. The van der Waals surface area contributed by atoms with Gasteiger partial charge in [0.2, 0.25) is 0 Å². The van der Waals surface area contributed by atoms with E-state index in [2.05, 4.69) is 0 Å². The molecule has 0 saturated heterocycles. The minimum absolute atomic E-state index is 0.0868. The first-order chi connectivity index (χ1) is 8.40. The molecular weight excluding hydrogens is 258 g/mol. The Bertz CT molecular complexity index is 497. The fourth-order valence-electron chi connectivity index (χ4n) is 1.20. The molecule has 0 saturated carbocycles. The van der Waals surface area contributed by atoms with Crippen LogP contribution in [0.15, 0.2) is 24.3 Å². The van der Waals surface area contributed by atoms with E-state index in [-0.39, 0.29) is 11.8 Å². The number of nitro groups is 1. The van der Waals surface area contributed by atoms with Gasteiger partial charge in [0.15, 0.2) is 0 Å². The Hall–Kier alpha value is -1.88. The number of nitrogens with zero attached hydrogens (tertiary/aromatic N) is 1. The summed E-state index contributed by atoms with van der Waals surface area (Å²) in [7, 11) is 0. The fourth-order valence-corrected chi connectivity index (χ4v) is 1.38. The summed E-state index contributed by atoms with van der Waals surface area (Å²) in [6.07, 6.45) is 2.35. The number of hydrogen-bond acceptors (Lipinski definition) is 4. The Morgan fingerprint density at radius 1 is 1.50 bits per heavy atom. The lowest BCUT2D eigenvalue weighted by Gasteiger charge is -2.04. The Morgan fingerprint density at radius 3 is 2.72 bits per heavy atom. The third kappa shape index (κ3) is 4.18. The van der Waals surface area contributed by atoms with E-state index in [1.54, 1.807) is 13.8 Å². The number of carbonyl (C=O) groups is 1. The molecule has 1 aromatic rings. The van der Waals surface area contributed by atoms with E-state index in [4.69, 9.17) is 16.3 Å². The Kier molecular flexibility index (Phi) is 4.85. The number of ether oxygens (including phenoxy) is 1. The van der Waals surface area contributed by atoms with Crippen LogP contribution in [0.4, 0.5) is 5.69 Å². The summed E-state index contributed by atoms with van der Waals surface area (Å²) in [6, 6.07) is 4.00. The van der Waals surface area contributed by atoms with Gasteiger partial charge >= 0.3 is 5.97 Å². The predicted octanol–water partition coefficient (Wildman–Crippen LogP) is 3.21. The highest BCUT2D eigenvalue weighted by atomic mass is 35.5. The molecule has 0 aliphatic heterocycles. The van der Waals surface area contributed by atoms with E-state index >= 15 is 0 Å². The largest absolute Gasteiger partial charge is 0.460 e. The van der Waals surface area contributed by atoms with Gasteiger partial charge in [-0.05, 0) is 26.0 Å². The van der Waals surface area contributed by atoms with Gasteiger partial charge in [-0.3, -0.25) is 10.1 Å². The van der Waals surface area contributed by atoms with Crippen LogP contribution in [0.25, 0.3) is 6.08 Å². The van der Waals surface area contributed by atoms with Crippen molar-refractivity contribution in [2.75, 3.05) is 0 Å². The Morgan fingerprint density at radius 2 is 2.17 bits per heavy atom. The van der Waals surface area contributed by atoms with Crippen LogP contribution in [0, 0.1) is 10.1 Å². The molecule has 1 aromatic carbocycles. The summed E-state index contributed by atoms with van der Waals surface area (Å²) in [5.41, 5.74) is 0.308. The SMILES string of the molecule is CC(C)OC(=O)C=Cc1cc([N+](=O)[O-])ccc1Cl. The molecule has 96 valence electrons. The highest BCUT2D eigenvalue weighted by Crippen LogP contribution is 2.23. The van der Waals surface area contributed by atoms with E-state index in [0.29, 0.717) is 10.6 Å². The number of benzene rings is 1. The van der Waals surface area contributed by atoms with Gasteiger partial charge in [0.1, 0.15) is 0 Å². The van der Waals surface area contributed by atoms with Gasteiger partial charge in [-0.1, -0.05) is 11.6 Å². The van der Waals surface area contributed by atoms with Crippen LogP contribution in [0.2, 0.25) is 5.02 Å². The third-order valence-corrected chi connectivity index (χ3v) is 2.29. The Labute approximate surface area is 109 Å². The van der Waals surface area contributed by atoms with Crippen LogP contribution >= 0.6 is 11.6 Å². The minimum Gasteiger partial charge on any atom is -0.460 e. The number of non-ortho nitro benzene ring substituents is 1. The number of halogens is 1. The fraction of sp³-hybridized carbons (Fsp3) is 0.250. The highest BCUT2D eigenvalue weighted by molar-refractivity contribution is 6.32. The summed E-state index contributed by atoms with van der Waals surface area (Å²) < 4.78 is 4.89. The molecule has 18 heavy (non-hydrogen) atoms. The van der Waals surface area contributed by atoms with E-state index < -0.39 is 10.9 Å². The van der Waals surface area contributed by atoms with Crippen molar-refractivity contribution in [3.8, 4) is 0 Å². The smallest absolute Gasteiger partial charge is 0.331 e.